The van der Waals surface area contributed by atoms with Crippen LogP contribution in [0.3, 0.4) is 0 Å². The van der Waals surface area contributed by atoms with Crippen LogP contribution in [0.15, 0.2) is 22.7 Å². The van der Waals surface area contributed by atoms with Gasteiger partial charge in [-0.25, -0.2) is 0 Å². The molecule has 0 aliphatic rings. The molecule has 7 heteroatoms. The zero-order chi connectivity index (χ0) is 15.7. The highest BCUT2D eigenvalue weighted by Crippen LogP contribution is 2.26. The summed E-state index contributed by atoms with van der Waals surface area (Å²) in [6.45, 7) is 5.58. The van der Waals surface area contributed by atoms with E-state index in [1.165, 1.54) is 0 Å². The van der Waals surface area contributed by atoms with Gasteiger partial charge in [-0.2, -0.15) is 5.10 Å². The first-order valence-electron chi connectivity index (χ1n) is 6.38. The second kappa shape index (κ2) is 6.07. The number of carbonyl (C=O) groups excluding carboxylic acids is 1. The number of hydrogen-bond donors (Lipinski definition) is 2. The molecule has 0 saturated heterocycles. The van der Waals surface area contributed by atoms with Crippen LogP contribution in [0.25, 0.3) is 0 Å². The van der Waals surface area contributed by atoms with Crippen LogP contribution < -0.4 is 11.1 Å². The van der Waals surface area contributed by atoms with Gasteiger partial charge in [0.05, 0.1) is 27.2 Å². The highest BCUT2D eigenvalue weighted by Gasteiger charge is 2.20. The minimum absolute atomic E-state index is 0.192. The van der Waals surface area contributed by atoms with E-state index in [2.05, 4.69) is 26.3 Å². The first-order valence-corrected chi connectivity index (χ1v) is 7.55. The van der Waals surface area contributed by atoms with E-state index in [0.29, 0.717) is 16.4 Å². The Hall–Kier alpha value is -1.53. The molecule has 0 bridgehead atoms. The van der Waals surface area contributed by atoms with Gasteiger partial charge in [0, 0.05) is 5.02 Å². The number of rotatable bonds is 3. The van der Waals surface area contributed by atoms with Crippen molar-refractivity contribution in [2.24, 2.45) is 0 Å². The number of aryl methyl sites for hydroxylation is 1. The second-order valence-corrected chi connectivity index (χ2v) is 6.06. The zero-order valence-electron chi connectivity index (χ0n) is 11.9. The largest absolute Gasteiger partial charge is 0.397 e. The molecule has 0 radical (unpaired) electrons. The van der Waals surface area contributed by atoms with E-state index in [1.54, 1.807) is 29.8 Å². The number of anilines is 2. The van der Waals surface area contributed by atoms with Gasteiger partial charge in [-0.05, 0) is 54.9 Å². The van der Waals surface area contributed by atoms with Crippen LogP contribution >= 0.6 is 27.5 Å². The van der Waals surface area contributed by atoms with Gasteiger partial charge in [-0.15, -0.1) is 0 Å². The lowest BCUT2D eigenvalue weighted by atomic mass is 10.2. The number of carbonyl (C=O) groups is 1. The minimum Gasteiger partial charge on any atom is -0.397 e. The van der Waals surface area contributed by atoms with Crippen molar-refractivity contribution in [1.29, 1.82) is 0 Å². The molecule has 1 aromatic heterocycles. The van der Waals surface area contributed by atoms with E-state index in [-0.39, 0.29) is 5.91 Å². The number of halogens is 2. The lowest BCUT2D eigenvalue weighted by Crippen LogP contribution is -2.25. The van der Waals surface area contributed by atoms with Crippen molar-refractivity contribution in [2.45, 2.75) is 26.8 Å². The maximum absolute atomic E-state index is 12.3. The topological polar surface area (TPSA) is 72.9 Å². The Bertz CT molecular complexity index is 699. The van der Waals surface area contributed by atoms with Crippen LogP contribution in [0.2, 0.25) is 5.02 Å². The van der Waals surface area contributed by atoms with Crippen molar-refractivity contribution >= 4 is 44.8 Å². The Balaban J connectivity index is 2.21. The van der Waals surface area contributed by atoms with E-state index >= 15 is 0 Å². The molecule has 0 aliphatic carbocycles. The fraction of sp³-hybridized carbons (Fsp3) is 0.286. The lowest BCUT2D eigenvalue weighted by Gasteiger charge is -2.15. The number of nitrogens with two attached hydrogens (primary N) is 1. The van der Waals surface area contributed by atoms with Gasteiger partial charge in [-0.1, -0.05) is 11.6 Å². The number of nitrogen functional groups attached to an aromatic ring is 1. The van der Waals surface area contributed by atoms with Crippen LogP contribution in [0.4, 0.5) is 11.4 Å². The molecule has 2 aromatic rings. The fourth-order valence-corrected chi connectivity index (χ4v) is 2.46. The lowest BCUT2D eigenvalue weighted by molar-refractivity contribution is -0.119. The third-order valence-corrected chi connectivity index (χ3v) is 4.64. The van der Waals surface area contributed by atoms with Crippen LogP contribution in [-0.4, -0.2) is 15.7 Å². The average Bonchev–Trinajstić information content (AvgIpc) is 2.68. The number of amides is 1. The third-order valence-electron chi connectivity index (χ3n) is 3.25. The smallest absolute Gasteiger partial charge is 0.249 e. The zero-order valence-corrected chi connectivity index (χ0v) is 14.3. The number of nitrogens with zero attached hydrogens (tertiary/aromatic N) is 2. The molecule has 112 valence electrons. The Labute approximate surface area is 136 Å². The molecular formula is C14H16BrClN4O. The summed E-state index contributed by atoms with van der Waals surface area (Å²) in [7, 11) is 0. The van der Waals surface area contributed by atoms with E-state index in [0.717, 1.165) is 15.9 Å². The van der Waals surface area contributed by atoms with Crippen molar-refractivity contribution in [3.05, 3.63) is 39.1 Å². The van der Waals surface area contributed by atoms with Gasteiger partial charge < -0.3 is 11.1 Å². The number of nitrogens with one attached hydrogen (secondary N) is 1. The van der Waals surface area contributed by atoms with Gasteiger partial charge in [-0.3, -0.25) is 9.48 Å². The quantitative estimate of drug-likeness (QED) is 0.808. The monoisotopic (exact) mass is 370 g/mol. The standard InChI is InChI=1S/C14H16BrClN4O/c1-7-13(15)8(2)20(19-7)9(3)14(21)18-12-5-4-10(16)6-11(12)17/h4-6,9H,17H2,1-3H3,(H,18,21). The average molecular weight is 372 g/mol. The molecule has 0 spiro atoms. The van der Waals surface area contributed by atoms with Crippen LogP contribution in [-0.2, 0) is 4.79 Å². The summed E-state index contributed by atoms with van der Waals surface area (Å²) in [5, 5.41) is 7.69. The minimum atomic E-state index is -0.454. The van der Waals surface area contributed by atoms with Gasteiger partial charge in [0.15, 0.2) is 0 Å². The van der Waals surface area contributed by atoms with Crippen molar-refractivity contribution in [3.8, 4) is 0 Å². The molecule has 21 heavy (non-hydrogen) atoms. The summed E-state index contributed by atoms with van der Waals surface area (Å²) in [5.74, 6) is -0.192. The molecule has 0 fully saturated rings. The van der Waals surface area contributed by atoms with Crippen molar-refractivity contribution in [3.63, 3.8) is 0 Å². The number of aromatic nitrogens is 2. The highest BCUT2D eigenvalue weighted by molar-refractivity contribution is 9.10. The molecular weight excluding hydrogens is 356 g/mol. The summed E-state index contributed by atoms with van der Waals surface area (Å²) in [4.78, 5) is 12.3. The van der Waals surface area contributed by atoms with Crippen LogP contribution in [0.5, 0.6) is 0 Å². The van der Waals surface area contributed by atoms with Crippen molar-refractivity contribution < 1.29 is 4.79 Å². The van der Waals surface area contributed by atoms with Gasteiger partial charge in [0.25, 0.3) is 0 Å². The second-order valence-electron chi connectivity index (χ2n) is 4.83. The van der Waals surface area contributed by atoms with Gasteiger partial charge >= 0.3 is 0 Å². The van der Waals surface area contributed by atoms with E-state index in [1.807, 2.05) is 13.8 Å². The summed E-state index contributed by atoms with van der Waals surface area (Å²) in [6, 6.07) is 4.50. The molecule has 5 nitrogen and oxygen atoms in total. The predicted octanol–water partition coefficient (Wildman–Crippen LogP) is 3.70. The number of hydrogen-bond acceptors (Lipinski definition) is 3. The fourth-order valence-electron chi connectivity index (χ4n) is 2.02. The Morgan fingerprint density at radius 1 is 1.48 bits per heavy atom. The molecule has 0 saturated carbocycles. The van der Waals surface area contributed by atoms with Crippen molar-refractivity contribution in [2.75, 3.05) is 11.1 Å². The molecule has 0 aliphatic heterocycles. The van der Waals surface area contributed by atoms with E-state index in [9.17, 15) is 4.79 Å². The molecule has 1 unspecified atom stereocenters. The molecule has 1 aromatic carbocycles. The maximum Gasteiger partial charge on any atom is 0.249 e. The Morgan fingerprint density at radius 2 is 2.14 bits per heavy atom. The van der Waals surface area contributed by atoms with Gasteiger partial charge in [0.1, 0.15) is 6.04 Å². The maximum atomic E-state index is 12.3. The highest BCUT2D eigenvalue weighted by atomic mass is 79.9. The summed E-state index contributed by atoms with van der Waals surface area (Å²) >= 11 is 9.29. The first kappa shape index (κ1) is 15.9. The van der Waals surface area contributed by atoms with E-state index in [4.69, 9.17) is 17.3 Å². The molecule has 3 N–H and O–H groups in total. The van der Waals surface area contributed by atoms with Gasteiger partial charge in [0.2, 0.25) is 5.91 Å². The molecule has 1 amide bonds. The summed E-state index contributed by atoms with van der Waals surface area (Å²) < 4.78 is 2.59. The molecule has 1 heterocycles. The van der Waals surface area contributed by atoms with Crippen LogP contribution in [0.1, 0.15) is 24.4 Å². The third kappa shape index (κ3) is 3.22. The Morgan fingerprint density at radius 3 is 2.67 bits per heavy atom. The predicted molar refractivity (Wildman–Crippen MR) is 88.6 cm³/mol. The molecule has 2 rings (SSSR count). The molecule has 1 atom stereocenters. The van der Waals surface area contributed by atoms with Crippen molar-refractivity contribution in [1.82, 2.24) is 9.78 Å². The normalized spacial score (nSPS) is 12.2. The Kier molecular flexibility index (Phi) is 4.58. The summed E-state index contributed by atoms with van der Waals surface area (Å²) in [6.07, 6.45) is 0. The number of benzene rings is 1. The van der Waals surface area contributed by atoms with Crippen LogP contribution in [0, 0.1) is 13.8 Å². The SMILES string of the molecule is Cc1nn(C(C)C(=O)Nc2ccc(Cl)cc2N)c(C)c1Br. The van der Waals surface area contributed by atoms with E-state index < -0.39 is 6.04 Å². The summed E-state index contributed by atoms with van der Waals surface area (Å²) in [5.41, 5.74) is 8.55. The first-order chi connectivity index (χ1) is 9.81.